The molecule has 0 aliphatic carbocycles. The predicted molar refractivity (Wildman–Crippen MR) is 225 cm³/mol. The molecule has 3 aliphatic heterocycles. The number of allylic oxidation sites excluding steroid dienone is 6. The molecule has 1 unspecified atom stereocenters. The van der Waals surface area contributed by atoms with Gasteiger partial charge in [-0.15, -0.1) is 0 Å². The summed E-state index contributed by atoms with van der Waals surface area (Å²) in [6, 6.07) is 17.3. The van der Waals surface area contributed by atoms with Crippen LogP contribution in [0.5, 0.6) is 5.75 Å². The van der Waals surface area contributed by atoms with E-state index in [4.69, 9.17) is 4.74 Å². The van der Waals surface area contributed by atoms with Gasteiger partial charge in [0.05, 0.1) is 36.1 Å². The number of rotatable bonds is 16. The number of fused-ring (bicyclic) bond motifs is 3. The van der Waals surface area contributed by atoms with Crippen LogP contribution in [0.1, 0.15) is 82.1 Å². The summed E-state index contributed by atoms with van der Waals surface area (Å²) in [4.78, 5) is 13.2. The third-order valence-corrected chi connectivity index (χ3v) is 13.5. The molecule has 0 saturated heterocycles. The van der Waals surface area contributed by atoms with Crippen molar-refractivity contribution in [3.05, 3.63) is 113 Å². The molecule has 0 amide bonds. The molecule has 0 aromatic heterocycles. The summed E-state index contributed by atoms with van der Waals surface area (Å²) < 4.78 is 114. The van der Waals surface area contributed by atoms with E-state index in [0.29, 0.717) is 35.0 Å². The number of anilines is 1. The number of hydrogen-bond donors (Lipinski definition) is 1. The Balaban J connectivity index is 0.00000422. The van der Waals surface area contributed by atoms with Crippen molar-refractivity contribution < 1.29 is 117 Å². The number of benzene rings is 3. The number of ether oxygens (including phenoxy) is 1. The Morgan fingerprint density at radius 1 is 0.871 bits per heavy atom. The Hall–Kier alpha value is -2.91. The van der Waals surface area contributed by atoms with Gasteiger partial charge in [0.25, 0.3) is 0 Å². The van der Waals surface area contributed by atoms with Gasteiger partial charge in [0.2, 0.25) is 5.69 Å². The fraction of sp³-hybridized carbons (Fsp3) is 0.349. The molecule has 3 aliphatic rings. The Kier molecular flexibility index (Phi) is 16.8. The summed E-state index contributed by atoms with van der Waals surface area (Å²) in [6.45, 7) is 8.15. The number of carbonyl (C=O) groups is 1. The van der Waals surface area contributed by atoms with Crippen LogP contribution in [0.25, 0.3) is 16.9 Å². The number of nitrogens with zero attached hydrogens (tertiary/aromatic N) is 2. The molecule has 320 valence electrons. The molecule has 0 saturated carbocycles. The molecular formula is C43H46N2Na2O12S3. The fourth-order valence-corrected chi connectivity index (χ4v) is 9.86. The van der Waals surface area contributed by atoms with Gasteiger partial charge in [-0.2, -0.15) is 4.58 Å². The van der Waals surface area contributed by atoms with Gasteiger partial charge < -0.3 is 28.4 Å². The zero-order valence-corrected chi connectivity index (χ0v) is 42.0. The summed E-state index contributed by atoms with van der Waals surface area (Å²) in [6.07, 6.45) is 9.69. The van der Waals surface area contributed by atoms with Crippen LogP contribution in [-0.4, -0.2) is 90.4 Å². The van der Waals surface area contributed by atoms with Crippen LogP contribution in [0.2, 0.25) is 0 Å². The van der Waals surface area contributed by atoms with Crippen molar-refractivity contribution >= 4 is 70.3 Å². The van der Waals surface area contributed by atoms with Gasteiger partial charge in [0.15, 0.2) is 5.71 Å². The van der Waals surface area contributed by atoms with E-state index in [-0.39, 0.29) is 97.8 Å². The van der Waals surface area contributed by atoms with Crippen LogP contribution in [0.15, 0.2) is 95.9 Å². The molecule has 1 atom stereocenters. The minimum absolute atomic E-state index is 0. The smallest absolute Gasteiger partial charge is 0.748 e. The van der Waals surface area contributed by atoms with E-state index in [0.717, 1.165) is 33.5 Å². The molecule has 3 aromatic rings. The molecule has 62 heavy (non-hydrogen) atoms. The van der Waals surface area contributed by atoms with Crippen molar-refractivity contribution in [2.45, 2.75) is 75.6 Å². The first kappa shape index (κ1) is 51.7. The minimum atomic E-state index is -4.88. The molecule has 3 aromatic carbocycles. The molecule has 1 N–H and O–H groups in total. The van der Waals surface area contributed by atoms with E-state index < -0.39 is 63.7 Å². The summed E-state index contributed by atoms with van der Waals surface area (Å²) in [5, 5.41) is 9.49. The van der Waals surface area contributed by atoms with Crippen LogP contribution < -0.4 is 68.8 Å². The van der Waals surface area contributed by atoms with Crippen molar-refractivity contribution in [2.75, 3.05) is 29.5 Å². The first-order chi connectivity index (χ1) is 28.0. The first-order valence-corrected chi connectivity index (χ1v) is 23.9. The quantitative estimate of drug-likeness (QED) is 0.115. The minimum Gasteiger partial charge on any atom is -0.748 e. The zero-order chi connectivity index (χ0) is 43.8. The van der Waals surface area contributed by atoms with Crippen LogP contribution in [0.3, 0.4) is 0 Å². The average Bonchev–Trinajstić information content (AvgIpc) is 3.36. The Morgan fingerprint density at radius 3 is 2.16 bits per heavy atom. The maximum atomic E-state index is 12.2. The summed E-state index contributed by atoms with van der Waals surface area (Å²) >= 11 is 0. The monoisotopic (exact) mass is 924 g/mol. The Bertz CT molecular complexity index is 2730. The van der Waals surface area contributed by atoms with E-state index in [1.165, 1.54) is 18.2 Å². The normalized spacial score (nSPS) is 18.8. The maximum absolute atomic E-state index is 12.2. The molecule has 3 heterocycles. The second-order valence-corrected chi connectivity index (χ2v) is 20.4. The van der Waals surface area contributed by atoms with E-state index in [9.17, 15) is 48.8 Å². The average molecular weight is 925 g/mol. The summed E-state index contributed by atoms with van der Waals surface area (Å²) in [5.74, 6) is -1.12. The SMILES string of the molecule is CC1=CC(C)(C)N(CCCS(=O)(=O)[O-])c2cc3c(cc21)/C(=C/C=C/C1=[N+](CCCS(=O)(=O)[O-])c2ccc(S(=O)(=O)[O-])cc2C1(C)CCCC(=O)O)C=C(c1ccccc1)O3.[Na+].[Na+]. The zero-order valence-electron chi connectivity index (χ0n) is 35.6. The Morgan fingerprint density at radius 2 is 1.53 bits per heavy atom. The number of carboxylic acid groups (broad SMARTS) is 1. The van der Waals surface area contributed by atoms with Gasteiger partial charge in [0, 0.05) is 77.0 Å². The second-order valence-electron chi connectivity index (χ2n) is 15.9. The number of carboxylic acids is 1. The van der Waals surface area contributed by atoms with E-state index in [1.807, 2.05) is 82.3 Å². The van der Waals surface area contributed by atoms with Gasteiger partial charge in [0.1, 0.15) is 28.2 Å². The molecular weight excluding hydrogens is 879 g/mol. The van der Waals surface area contributed by atoms with Gasteiger partial charge in [-0.3, -0.25) is 4.79 Å². The fourth-order valence-electron chi connectivity index (χ4n) is 8.40. The predicted octanol–water partition coefficient (Wildman–Crippen LogP) is 0.156. The van der Waals surface area contributed by atoms with Crippen LogP contribution in [0, 0.1) is 0 Å². The largest absolute Gasteiger partial charge is 1.00 e. The van der Waals surface area contributed by atoms with Crippen molar-refractivity contribution in [1.29, 1.82) is 0 Å². The third kappa shape index (κ3) is 12.0. The van der Waals surface area contributed by atoms with Gasteiger partial charge in [-0.1, -0.05) is 48.6 Å². The van der Waals surface area contributed by atoms with Crippen LogP contribution in [-0.2, 0) is 40.6 Å². The van der Waals surface area contributed by atoms with Crippen molar-refractivity contribution in [2.24, 2.45) is 0 Å². The molecule has 19 heteroatoms. The molecule has 6 rings (SSSR count). The Labute approximate surface area is 408 Å². The maximum Gasteiger partial charge on any atom is 1.00 e. The van der Waals surface area contributed by atoms with Crippen molar-refractivity contribution in [3.8, 4) is 5.75 Å². The van der Waals surface area contributed by atoms with E-state index in [1.54, 1.807) is 16.7 Å². The molecule has 0 radical (unpaired) electrons. The summed E-state index contributed by atoms with van der Waals surface area (Å²) in [7, 11) is -13.9. The number of aliphatic carboxylic acids is 1. The second kappa shape index (κ2) is 20.1. The van der Waals surface area contributed by atoms with Crippen molar-refractivity contribution in [3.63, 3.8) is 0 Å². The van der Waals surface area contributed by atoms with Crippen LogP contribution in [0.4, 0.5) is 11.4 Å². The number of hydrogen-bond acceptors (Lipinski definition) is 12. The van der Waals surface area contributed by atoms with Crippen molar-refractivity contribution in [1.82, 2.24) is 0 Å². The first-order valence-electron chi connectivity index (χ1n) is 19.3. The molecule has 0 spiro atoms. The van der Waals surface area contributed by atoms with Gasteiger partial charge in [-0.05, 0) is 82.4 Å². The molecule has 0 bridgehead atoms. The van der Waals surface area contributed by atoms with E-state index >= 15 is 0 Å². The summed E-state index contributed by atoms with van der Waals surface area (Å²) in [5.41, 5.74) is 4.87. The van der Waals surface area contributed by atoms with E-state index in [2.05, 4.69) is 11.0 Å². The standard InChI is InChI=1S/C43H48N2O12S3.2Na/c1-29-28-42(2,3)45(21-11-23-59(51,52)53)37-27-39-34(26-33(29)37)31(24-38(57-39)30-12-6-5-7-13-30)14-8-15-40-43(4,19-9-16-41(46)47)35-25-32(60(54,55)56)17-18-36(35)44(40)20-10-22-58(48,49)50;;/h5-8,12-15,17-18,24-28H,9-11,16,19-23H2,1-4H3,(H3-,46,47,48,49,50,51,52,53,54,55,56);;/q;2*+1/p-2. The van der Waals surface area contributed by atoms with Crippen LogP contribution >= 0.6 is 0 Å². The van der Waals surface area contributed by atoms with Gasteiger partial charge >= 0.3 is 65.1 Å². The molecule has 0 fully saturated rings. The van der Waals surface area contributed by atoms with Gasteiger partial charge in [-0.25, -0.2) is 25.3 Å². The molecule has 14 nitrogen and oxygen atoms in total. The topological polar surface area (TPSA) is 224 Å². The third-order valence-electron chi connectivity index (χ3n) is 11.1.